The van der Waals surface area contributed by atoms with Crippen molar-refractivity contribution in [3.8, 4) is 39.9 Å². The van der Waals surface area contributed by atoms with Crippen molar-refractivity contribution in [3.63, 3.8) is 0 Å². The summed E-state index contributed by atoms with van der Waals surface area (Å²) in [6.07, 6.45) is 5.50. The molecule has 0 spiro atoms. The van der Waals surface area contributed by atoms with Gasteiger partial charge < -0.3 is 29.5 Å². The summed E-state index contributed by atoms with van der Waals surface area (Å²) in [6, 6.07) is 21.2. The number of aromatic nitrogens is 4. The van der Waals surface area contributed by atoms with E-state index in [9.17, 15) is 9.90 Å². The number of aliphatic carboxylic acids is 1. The van der Waals surface area contributed by atoms with E-state index in [4.69, 9.17) is 40.2 Å². The normalized spacial score (nSPS) is 15.4. The number of carboxylic acids is 1. The minimum absolute atomic E-state index is 0.0394. The summed E-state index contributed by atoms with van der Waals surface area (Å²) >= 11 is 8.31. The van der Waals surface area contributed by atoms with Crippen molar-refractivity contribution < 1.29 is 24.1 Å². The van der Waals surface area contributed by atoms with E-state index in [0.717, 1.165) is 102 Å². The molecule has 14 heteroatoms. The third kappa shape index (κ3) is 9.34. The lowest BCUT2D eigenvalue weighted by molar-refractivity contribution is -0.145. The van der Waals surface area contributed by atoms with Crippen molar-refractivity contribution in [1.82, 2.24) is 29.1 Å². The standard InChI is InChI=1S/C46H50ClN7O5S/c1-4-48-33-13-8-12-32(25-33)44-49-18-17-34(51-44)28-58-36-14-6-5-9-31(36)26-38(46(55)56)59-45-41-39(60-52-45)27-50-43(30-10-7-11-30)40(41)35-15-16-37(42(47)29(35)2)57-24-23-54-21-19-53(3)20-22-54/h5-6,8-9,12-18,25,27,30,38,48H,4,7,10-11,19-24,26,28H2,1-3H3,(H,55,56). The number of carboxylic acid groups (broad SMARTS) is 1. The Morgan fingerprint density at radius 2 is 1.85 bits per heavy atom. The second kappa shape index (κ2) is 18.9. The summed E-state index contributed by atoms with van der Waals surface area (Å²) in [5.74, 6) is 1.18. The molecule has 1 saturated carbocycles. The average molecular weight is 848 g/mol. The summed E-state index contributed by atoms with van der Waals surface area (Å²) in [5, 5.41) is 15.2. The molecule has 1 aliphatic heterocycles. The minimum atomic E-state index is -1.26. The third-order valence-electron chi connectivity index (χ3n) is 11.4. The van der Waals surface area contributed by atoms with Crippen LogP contribution in [-0.4, -0.2) is 99.2 Å². The van der Waals surface area contributed by atoms with E-state index >= 15 is 0 Å². The molecule has 2 N–H and O–H groups in total. The predicted octanol–water partition coefficient (Wildman–Crippen LogP) is 8.76. The Kier molecular flexibility index (Phi) is 13.1. The smallest absolute Gasteiger partial charge is 0.345 e. The molecule has 60 heavy (non-hydrogen) atoms. The van der Waals surface area contributed by atoms with Crippen LogP contribution in [0.25, 0.3) is 32.6 Å². The van der Waals surface area contributed by atoms with Crippen molar-refractivity contribution in [3.05, 3.63) is 107 Å². The zero-order chi connectivity index (χ0) is 41.6. The van der Waals surface area contributed by atoms with Crippen molar-refractivity contribution in [2.75, 3.05) is 58.2 Å². The van der Waals surface area contributed by atoms with E-state index in [1.165, 1.54) is 11.5 Å². The number of nitrogens with one attached hydrogen (secondary N) is 1. The number of likely N-dealkylation sites (N-methyl/N-ethyl adjacent to an activating group) is 1. The number of hydrogen-bond donors (Lipinski definition) is 2. The number of halogens is 1. The number of pyridine rings is 1. The number of piperazine rings is 1. The van der Waals surface area contributed by atoms with Gasteiger partial charge in [0.2, 0.25) is 12.0 Å². The van der Waals surface area contributed by atoms with E-state index in [0.29, 0.717) is 40.2 Å². The van der Waals surface area contributed by atoms with Crippen LogP contribution in [0.15, 0.2) is 79.1 Å². The van der Waals surface area contributed by atoms with Gasteiger partial charge in [0.1, 0.15) is 24.7 Å². The van der Waals surface area contributed by atoms with Crippen molar-refractivity contribution in [2.45, 2.75) is 58.2 Å². The van der Waals surface area contributed by atoms with Gasteiger partial charge in [0, 0.05) is 80.8 Å². The van der Waals surface area contributed by atoms with Gasteiger partial charge in [-0.3, -0.25) is 9.88 Å². The molecule has 3 aromatic carbocycles. The van der Waals surface area contributed by atoms with Gasteiger partial charge in [-0.25, -0.2) is 14.8 Å². The fourth-order valence-electron chi connectivity index (χ4n) is 7.74. The van der Waals surface area contributed by atoms with E-state index in [1.54, 1.807) is 6.20 Å². The highest BCUT2D eigenvalue weighted by Crippen LogP contribution is 2.48. The zero-order valence-electron chi connectivity index (χ0n) is 34.2. The largest absolute Gasteiger partial charge is 0.491 e. The van der Waals surface area contributed by atoms with Crippen molar-refractivity contribution >= 4 is 44.9 Å². The molecule has 0 radical (unpaired) electrons. The van der Waals surface area contributed by atoms with Gasteiger partial charge in [-0.05, 0) is 92.3 Å². The van der Waals surface area contributed by atoms with Crippen LogP contribution in [0.2, 0.25) is 5.02 Å². The number of para-hydroxylation sites is 1. The van der Waals surface area contributed by atoms with Gasteiger partial charge in [-0.2, -0.15) is 4.37 Å². The molecule has 1 saturated heterocycles. The summed E-state index contributed by atoms with van der Waals surface area (Å²) in [4.78, 5) is 31.9. The zero-order valence-corrected chi connectivity index (χ0v) is 35.8. The lowest BCUT2D eigenvalue weighted by Gasteiger charge is -2.32. The van der Waals surface area contributed by atoms with Gasteiger partial charge in [0.25, 0.3) is 0 Å². The molecule has 312 valence electrons. The molecule has 0 bridgehead atoms. The molecule has 8 rings (SSSR count). The molecule has 2 aliphatic rings. The molecule has 3 aromatic heterocycles. The summed E-state index contributed by atoms with van der Waals surface area (Å²) in [7, 11) is 2.15. The second-order valence-electron chi connectivity index (χ2n) is 15.4. The highest BCUT2D eigenvalue weighted by atomic mass is 35.5. The van der Waals surface area contributed by atoms with Crippen LogP contribution in [0.5, 0.6) is 17.4 Å². The number of nitrogens with zero attached hydrogens (tertiary/aromatic N) is 6. The van der Waals surface area contributed by atoms with E-state index < -0.39 is 12.1 Å². The number of hydrogen-bond acceptors (Lipinski definition) is 12. The van der Waals surface area contributed by atoms with E-state index in [2.05, 4.69) is 34.1 Å². The first-order valence-corrected chi connectivity index (χ1v) is 21.8. The summed E-state index contributed by atoms with van der Waals surface area (Å²) < 4.78 is 24.5. The molecular formula is C46H50ClN7O5S. The Hall–Kier alpha value is -5.34. The molecule has 0 amide bonds. The number of rotatable bonds is 17. The molecule has 12 nitrogen and oxygen atoms in total. The lowest BCUT2D eigenvalue weighted by Crippen LogP contribution is -2.45. The van der Waals surface area contributed by atoms with Crippen LogP contribution in [-0.2, 0) is 17.8 Å². The molecular weight excluding hydrogens is 798 g/mol. The van der Waals surface area contributed by atoms with Crippen molar-refractivity contribution in [2.24, 2.45) is 0 Å². The lowest BCUT2D eigenvalue weighted by atomic mass is 9.79. The summed E-state index contributed by atoms with van der Waals surface area (Å²) in [6.45, 7) is 10.5. The Morgan fingerprint density at radius 1 is 1.02 bits per heavy atom. The second-order valence-corrected chi connectivity index (χ2v) is 16.6. The summed E-state index contributed by atoms with van der Waals surface area (Å²) in [5.41, 5.74) is 6.85. The maximum Gasteiger partial charge on any atom is 0.345 e. The van der Waals surface area contributed by atoms with Gasteiger partial charge >= 0.3 is 5.97 Å². The number of carbonyl (C=O) groups is 1. The Labute approximate surface area is 359 Å². The SMILES string of the molecule is CCNc1cccc(-c2nccc(COc3ccccc3CC(Oc3nsc4cnc(C5CCC5)c(-c5ccc(OCCN6CCN(C)CC6)c(Cl)c5C)c34)C(=O)O)n2)c1. The third-order valence-corrected chi connectivity index (χ3v) is 12.6. The monoisotopic (exact) mass is 847 g/mol. The van der Waals surface area contributed by atoms with Gasteiger partial charge in [0.15, 0.2) is 5.82 Å². The maximum absolute atomic E-state index is 13.0. The molecule has 1 atom stereocenters. The Morgan fingerprint density at radius 3 is 2.63 bits per heavy atom. The first kappa shape index (κ1) is 41.4. The van der Waals surface area contributed by atoms with Gasteiger partial charge in [-0.1, -0.05) is 54.4 Å². The molecule has 1 aliphatic carbocycles. The Balaban J connectivity index is 1.03. The molecule has 2 fully saturated rings. The average Bonchev–Trinajstić information content (AvgIpc) is 3.65. The molecule has 4 heterocycles. The highest BCUT2D eigenvalue weighted by molar-refractivity contribution is 7.13. The fourth-order valence-corrected chi connectivity index (χ4v) is 8.65. The fraction of sp³-hybridized carbons (Fsp3) is 0.370. The molecule has 1 unspecified atom stereocenters. The van der Waals surface area contributed by atoms with Gasteiger partial charge in [0.05, 0.1) is 26.5 Å². The topological polar surface area (TPSA) is 135 Å². The van der Waals surface area contributed by atoms with Crippen LogP contribution in [0.4, 0.5) is 5.69 Å². The number of anilines is 1. The van der Waals surface area contributed by atoms with Crippen LogP contribution in [0, 0.1) is 6.92 Å². The first-order valence-electron chi connectivity index (χ1n) is 20.6. The van der Waals surface area contributed by atoms with Crippen LogP contribution < -0.4 is 19.5 Å². The highest BCUT2D eigenvalue weighted by Gasteiger charge is 2.31. The van der Waals surface area contributed by atoms with E-state index in [1.807, 2.05) is 79.9 Å². The number of ether oxygens (including phenoxy) is 3. The van der Waals surface area contributed by atoms with Crippen LogP contribution >= 0.6 is 23.1 Å². The van der Waals surface area contributed by atoms with Gasteiger partial charge in [-0.15, -0.1) is 0 Å². The Bertz CT molecular complexity index is 2450. The number of benzene rings is 3. The quantitative estimate of drug-likeness (QED) is 0.0909. The minimum Gasteiger partial charge on any atom is -0.491 e. The van der Waals surface area contributed by atoms with Crippen LogP contribution in [0.1, 0.15) is 54.6 Å². The molecule has 6 aromatic rings. The number of fused-ring (bicyclic) bond motifs is 1. The maximum atomic E-state index is 13.0. The van der Waals surface area contributed by atoms with Crippen molar-refractivity contribution in [1.29, 1.82) is 0 Å². The first-order chi connectivity index (χ1) is 29.2. The van der Waals surface area contributed by atoms with Crippen LogP contribution in [0.3, 0.4) is 0 Å². The van der Waals surface area contributed by atoms with E-state index in [-0.39, 0.29) is 24.8 Å². The predicted molar refractivity (Wildman–Crippen MR) is 237 cm³/mol.